The third kappa shape index (κ3) is 3.74. The maximum atomic E-state index is 15.0. The molecule has 0 fully saturated rings. The molecule has 0 unspecified atom stereocenters. The molecule has 3 atom stereocenters. The third-order valence-corrected chi connectivity index (χ3v) is 6.34. The van der Waals surface area contributed by atoms with Crippen molar-refractivity contribution < 1.29 is 18.3 Å². The normalized spacial score (nSPS) is 25.7. The number of carbonyl (C=O) groups excluding carboxylic acids is 1. The molecule has 0 aliphatic carbocycles. The summed E-state index contributed by atoms with van der Waals surface area (Å²) < 4.78 is 35.2. The Morgan fingerprint density at radius 3 is 3.00 bits per heavy atom. The van der Waals surface area contributed by atoms with Gasteiger partial charge in [0.05, 0.1) is 12.8 Å². The average molecular weight is 432 g/mol. The second-order valence-electron chi connectivity index (χ2n) is 7.60. The lowest BCUT2D eigenvalue weighted by Crippen LogP contribution is -2.44. The van der Waals surface area contributed by atoms with E-state index >= 15 is 4.39 Å². The van der Waals surface area contributed by atoms with Crippen molar-refractivity contribution in [1.29, 1.82) is 0 Å². The highest BCUT2D eigenvalue weighted by molar-refractivity contribution is 8.14. The number of amides is 1. The van der Waals surface area contributed by atoms with Crippen LogP contribution in [0.2, 0.25) is 0 Å². The first-order valence-electron chi connectivity index (χ1n) is 9.67. The lowest BCUT2D eigenvalue weighted by atomic mass is 9.85. The summed E-state index contributed by atoms with van der Waals surface area (Å²) in [5.41, 5.74) is 5.86. The Labute approximate surface area is 177 Å². The number of nitrogens with two attached hydrogens (primary N) is 1. The molecule has 2 aliphatic heterocycles. The van der Waals surface area contributed by atoms with E-state index in [9.17, 15) is 9.18 Å². The summed E-state index contributed by atoms with van der Waals surface area (Å²) in [5, 5.41) is 2.43. The van der Waals surface area contributed by atoms with Crippen molar-refractivity contribution in [3.63, 3.8) is 0 Å². The van der Waals surface area contributed by atoms with Crippen molar-refractivity contribution in [2.24, 2.45) is 10.7 Å². The molecule has 1 aromatic heterocycles. The summed E-state index contributed by atoms with van der Waals surface area (Å²) in [6.07, 6.45) is 1.78. The number of aryl methyl sites for hydroxylation is 1. The van der Waals surface area contributed by atoms with Crippen LogP contribution in [0.15, 0.2) is 35.5 Å². The number of fused-ring (bicyclic) bond motifs is 1. The predicted octanol–water partition coefficient (Wildman–Crippen LogP) is 3.80. The molecule has 158 valence electrons. The largest absolute Gasteiger partial charge is 0.492 e. The number of nitrogens with one attached hydrogen (secondary N) is 1. The standard InChI is InChI=1S/C21H22F2N4O2S/c1-11-18(23)21(2,27-20(24)30-11)14-9-13(5-6-15(14)22)26-19(28)16-8-12-4-3-7-29-17(12)10-25-16/h5-6,8-11,18H,3-4,7H2,1-2H3,(H2,24,27)(H,26,28)/t11-,18+,21-/m1/s1. The first-order chi connectivity index (χ1) is 14.3. The molecule has 3 N–H and O–H groups in total. The van der Waals surface area contributed by atoms with Gasteiger partial charge in [-0.25, -0.2) is 18.8 Å². The van der Waals surface area contributed by atoms with Gasteiger partial charge in [-0.15, -0.1) is 0 Å². The third-order valence-electron chi connectivity index (χ3n) is 5.40. The van der Waals surface area contributed by atoms with Crippen LogP contribution in [0.3, 0.4) is 0 Å². The van der Waals surface area contributed by atoms with Gasteiger partial charge in [-0.05, 0) is 56.5 Å². The van der Waals surface area contributed by atoms with Gasteiger partial charge in [-0.1, -0.05) is 11.8 Å². The number of alkyl halides is 1. The molecule has 0 saturated heterocycles. The van der Waals surface area contributed by atoms with Crippen molar-refractivity contribution in [2.75, 3.05) is 11.9 Å². The van der Waals surface area contributed by atoms with Crippen LogP contribution in [-0.4, -0.2) is 34.1 Å². The van der Waals surface area contributed by atoms with E-state index in [4.69, 9.17) is 10.5 Å². The van der Waals surface area contributed by atoms with Gasteiger partial charge in [-0.3, -0.25) is 4.79 Å². The van der Waals surface area contributed by atoms with Crippen LogP contribution in [0.1, 0.15) is 41.9 Å². The summed E-state index contributed by atoms with van der Waals surface area (Å²) >= 11 is 1.12. The molecule has 6 nitrogen and oxygen atoms in total. The number of ether oxygens (including phenoxy) is 1. The fourth-order valence-electron chi connectivity index (χ4n) is 3.80. The number of halogens is 2. The van der Waals surface area contributed by atoms with Gasteiger partial charge in [0.1, 0.15) is 29.0 Å². The van der Waals surface area contributed by atoms with Gasteiger partial charge >= 0.3 is 0 Å². The Hall–Kier alpha value is -2.68. The number of nitrogens with zero attached hydrogens (tertiary/aromatic N) is 2. The molecule has 4 rings (SSSR count). The van der Waals surface area contributed by atoms with Crippen molar-refractivity contribution in [2.45, 2.75) is 43.6 Å². The molecule has 1 amide bonds. The zero-order valence-corrected chi connectivity index (χ0v) is 17.4. The smallest absolute Gasteiger partial charge is 0.274 e. The number of anilines is 1. The number of thioether (sulfide) groups is 1. The number of benzene rings is 1. The highest BCUT2D eigenvalue weighted by Crippen LogP contribution is 2.42. The molecular weight excluding hydrogens is 410 g/mol. The van der Waals surface area contributed by atoms with E-state index in [1.54, 1.807) is 13.0 Å². The van der Waals surface area contributed by atoms with E-state index in [1.165, 1.54) is 31.3 Å². The molecule has 0 bridgehead atoms. The molecule has 0 radical (unpaired) electrons. The topological polar surface area (TPSA) is 89.6 Å². The zero-order chi connectivity index (χ0) is 21.5. The van der Waals surface area contributed by atoms with Gasteiger partial charge in [0.25, 0.3) is 5.91 Å². The second-order valence-corrected chi connectivity index (χ2v) is 9.00. The fraction of sp³-hybridized carbons (Fsp3) is 0.381. The minimum absolute atomic E-state index is 0.0368. The van der Waals surface area contributed by atoms with Crippen LogP contribution in [0.4, 0.5) is 14.5 Å². The Kier molecular flexibility index (Phi) is 5.40. The van der Waals surface area contributed by atoms with E-state index < -0.39 is 28.7 Å². The van der Waals surface area contributed by atoms with E-state index in [2.05, 4.69) is 15.3 Å². The number of hydrogen-bond acceptors (Lipinski definition) is 6. The first kappa shape index (κ1) is 20.6. The van der Waals surface area contributed by atoms with Crippen LogP contribution in [-0.2, 0) is 12.0 Å². The van der Waals surface area contributed by atoms with Crippen LogP contribution >= 0.6 is 11.8 Å². The average Bonchev–Trinajstić information content (AvgIpc) is 2.72. The number of aliphatic imine (C=N–C) groups is 1. The molecular formula is C21H22F2N4O2S. The van der Waals surface area contributed by atoms with Gasteiger partial charge in [0, 0.05) is 16.5 Å². The number of aromatic nitrogens is 1. The monoisotopic (exact) mass is 432 g/mol. The maximum Gasteiger partial charge on any atom is 0.274 e. The lowest BCUT2D eigenvalue weighted by molar-refractivity contribution is 0.102. The Morgan fingerprint density at radius 1 is 1.40 bits per heavy atom. The highest BCUT2D eigenvalue weighted by atomic mass is 32.2. The summed E-state index contributed by atoms with van der Waals surface area (Å²) in [6, 6.07) is 5.71. The van der Waals surface area contributed by atoms with Gasteiger partial charge < -0.3 is 15.8 Å². The minimum Gasteiger partial charge on any atom is -0.492 e. The zero-order valence-electron chi connectivity index (χ0n) is 16.6. The molecule has 2 aromatic rings. The van der Waals surface area contributed by atoms with Crippen molar-refractivity contribution in [3.8, 4) is 5.75 Å². The number of amidine groups is 1. The molecule has 3 heterocycles. The van der Waals surface area contributed by atoms with Crippen LogP contribution < -0.4 is 15.8 Å². The number of pyridine rings is 1. The van der Waals surface area contributed by atoms with E-state index in [-0.39, 0.29) is 16.4 Å². The summed E-state index contributed by atoms with van der Waals surface area (Å²) in [5.74, 6) is -0.375. The number of hydrogen-bond donors (Lipinski definition) is 2. The van der Waals surface area contributed by atoms with Crippen LogP contribution in [0.25, 0.3) is 0 Å². The molecule has 9 heteroatoms. The number of carbonyl (C=O) groups is 1. The van der Waals surface area contributed by atoms with Gasteiger partial charge in [0.2, 0.25) is 0 Å². The van der Waals surface area contributed by atoms with Gasteiger partial charge in [0.15, 0.2) is 5.17 Å². The lowest BCUT2D eigenvalue weighted by Gasteiger charge is -2.37. The van der Waals surface area contributed by atoms with E-state index in [1.807, 2.05) is 0 Å². The Balaban J connectivity index is 1.62. The van der Waals surface area contributed by atoms with Crippen molar-refractivity contribution >= 4 is 28.5 Å². The quantitative estimate of drug-likeness (QED) is 0.770. The van der Waals surface area contributed by atoms with Crippen molar-refractivity contribution in [1.82, 2.24) is 4.98 Å². The number of rotatable bonds is 3. The summed E-state index contributed by atoms with van der Waals surface area (Å²) in [4.78, 5) is 21.0. The summed E-state index contributed by atoms with van der Waals surface area (Å²) in [7, 11) is 0. The molecule has 1 aromatic carbocycles. The molecule has 0 spiro atoms. The molecule has 2 aliphatic rings. The van der Waals surface area contributed by atoms with E-state index in [0.29, 0.717) is 18.0 Å². The van der Waals surface area contributed by atoms with Gasteiger partial charge in [-0.2, -0.15) is 0 Å². The van der Waals surface area contributed by atoms with Crippen LogP contribution in [0, 0.1) is 5.82 Å². The highest BCUT2D eigenvalue weighted by Gasteiger charge is 2.45. The van der Waals surface area contributed by atoms with Crippen molar-refractivity contribution in [3.05, 3.63) is 53.1 Å². The molecule has 30 heavy (non-hydrogen) atoms. The minimum atomic E-state index is -1.49. The van der Waals surface area contributed by atoms with E-state index in [0.717, 1.165) is 30.2 Å². The SMILES string of the molecule is C[C@H]1SC(N)=N[C@](C)(c2cc(NC(=O)c3cc4c(cn3)OCCC4)ccc2F)[C@H]1F. The second kappa shape index (κ2) is 7.86. The fourth-order valence-corrected chi connectivity index (χ4v) is 4.81. The first-order valence-corrected chi connectivity index (χ1v) is 10.5. The Bertz CT molecular complexity index is 1030. The van der Waals surface area contributed by atoms with Crippen LogP contribution in [0.5, 0.6) is 5.75 Å². The Morgan fingerprint density at radius 2 is 2.20 bits per heavy atom. The summed E-state index contributed by atoms with van der Waals surface area (Å²) in [6.45, 7) is 3.83. The maximum absolute atomic E-state index is 15.0. The molecule has 0 saturated carbocycles. The predicted molar refractivity (Wildman–Crippen MR) is 113 cm³/mol.